The molecule has 3 nitrogen and oxygen atoms in total. The minimum atomic E-state index is 0.161. The molecule has 1 saturated heterocycles. The van der Waals surface area contributed by atoms with Gasteiger partial charge in [0.25, 0.3) is 5.91 Å². The maximum Gasteiger partial charge on any atom is 0.253 e. The van der Waals surface area contributed by atoms with Gasteiger partial charge in [0.1, 0.15) is 0 Å². The van der Waals surface area contributed by atoms with Gasteiger partial charge >= 0.3 is 0 Å². The molecule has 1 N–H and O–H groups in total. The third-order valence-corrected chi connectivity index (χ3v) is 5.49. The summed E-state index contributed by atoms with van der Waals surface area (Å²) in [6.07, 6.45) is 0. The molecule has 2 atom stereocenters. The molecule has 0 radical (unpaired) electrons. The predicted molar refractivity (Wildman–Crippen MR) is 90.2 cm³/mol. The van der Waals surface area contributed by atoms with Gasteiger partial charge in [-0.05, 0) is 37.6 Å². The van der Waals surface area contributed by atoms with Crippen LogP contribution in [0.5, 0.6) is 0 Å². The summed E-state index contributed by atoms with van der Waals surface area (Å²) in [4.78, 5) is 18.1. The maximum absolute atomic E-state index is 12.8. The van der Waals surface area contributed by atoms with Crippen LogP contribution in [0.2, 0.25) is 0 Å². The monoisotopic (exact) mass is 302 g/mol. The predicted octanol–water partition coefficient (Wildman–Crippen LogP) is 3.75. The number of hydrogen-bond donors (Lipinski definition) is 1. The van der Waals surface area contributed by atoms with Crippen LogP contribution in [0.3, 0.4) is 0 Å². The van der Waals surface area contributed by atoms with E-state index in [0.717, 1.165) is 29.6 Å². The van der Waals surface area contributed by atoms with E-state index in [9.17, 15) is 4.79 Å². The zero-order chi connectivity index (χ0) is 15.1. The molecule has 2 unspecified atom stereocenters. The van der Waals surface area contributed by atoms with Crippen molar-refractivity contribution in [3.05, 3.63) is 35.0 Å². The summed E-state index contributed by atoms with van der Waals surface area (Å²) in [6.45, 7) is 10.3. The van der Waals surface area contributed by atoms with Crippen LogP contribution < -0.4 is 0 Å². The molecule has 2 aromatic rings. The highest BCUT2D eigenvalue weighted by molar-refractivity contribution is 8.00. The fraction of sp³-hybridized carbons (Fsp3) is 0.471. The standard InChI is InChI=1S/C17H22N2OS/c1-10-8-19(9-11(2)21-10)17(20)14-5-6-16-15(7-14)12(3)13(4)18-16/h5-7,10-11,18H,8-9H2,1-4H3. The van der Waals surface area contributed by atoms with Crippen LogP contribution in [-0.4, -0.2) is 39.4 Å². The van der Waals surface area contributed by atoms with Gasteiger partial charge in [0, 0.05) is 45.7 Å². The Morgan fingerprint density at radius 1 is 1.24 bits per heavy atom. The number of hydrogen-bond acceptors (Lipinski definition) is 2. The van der Waals surface area contributed by atoms with Crippen LogP contribution in [0.15, 0.2) is 18.2 Å². The largest absolute Gasteiger partial charge is 0.358 e. The summed E-state index contributed by atoms with van der Waals surface area (Å²) in [5, 5.41) is 2.18. The molecule has 1 aliphatic rings. The summed E-state index contributed by atoms with van der Waals surface area (Å²) in [5.41, 5.74) is 4.31. The molecule has 1 fully saturated rings. The van der Waals surface area contributed by atoms with Gasteiger partial charge in [0.15, 0.2) is 0 Å². The average Bonchev–Trinajstić information content (AvgIpc) is 2.72. The second kappa shape index (κ2) is 5.41. The third kappa shape index (κ3) is 2.69. The van der Waals surface area contributed by atoms with Gasteiger partial charge in [0.05, 0.1) is 0 Å². The fourth-order valence-electron chi connectivity index (χ4n) is 3.12. The number of carbonyl (C=O) groups is 1. The number of aryl methyl sites for hydroxylation is 2. The van der Waals surface area contributed by atoms with Crippen LogP contribution in [0.4, 0.5) is 0 Å². The molecule has 21 heavy (non-hydrogen) atoms. The molecule has 1 aromatic heterocycles. The van der Waals surface area contributed by atoms with Crippen molar-refractivity contribution in [1.82, 2.24) is 9.88 Å². The number of aromatic nitrogens is 1. The van der Waals surface area contributed by atoms with Gasteiger partial charge < -0.3 is 9.88 Å². The number of nitrogens with one attached hydrogen (secondary N) is 1. The number of H-pyrrole nitrogens is 1. The van der Waals surface area contributed by atoms with Crippen LogP contribution in [0, 0.1) is 13.8 Å². The number of benzene rings is 1. The summed E-state index contributed by atoms with van der Waals surface area (Å²) in [5.74, 6) is 0.161. The molecular weight excluding hydrogens is 280 g/mol. The van der Waals surface area contributed by atoms with E-state index in [1.165, 1.54) is 11.3 Å². The number of amides is 1. The van der Waals surface area contributed by atoms with Crippen molar-refractivity contribution in [3.8, 4) is 0 Å². The van der Waals surface area contributed by atoms with Crippen molar-refractivity contribution in [1.29, 1.82) is 0 Å². The Labute approximate surface area is 130 Å². The van der Waals surface area contributed by atoms with E-state index < -0.39 is 0 Å². The molecule has 3 rings (SSSR count). The highest BCUT2D eigenvalue weighted by Crippen LogP contribution is 2.27. The van der Waals surface area contributed by atoms with Crippen LogP contribution in [0.25, 0.3) is 10.9 Å². The van der Waals surface area contributed by atoms with Crippen LogP contribution >= 0.6 is 11.8 Å². The van der Waals surface area contributed by atoms with Crippen molar-refractivity contribution in [2.75, 3.05) is 13.1 Å². The number of nitrogens with zero attached hydrogens (tertiary/aromatic N) is 1. The first-order valence-corrected chi connectivity index (χ1v) is 8.43. The van der Waals surface area contributed by atoms with Gasteiger partial charge in [-0.1, -0.05) is 13.8 Å². The molecule has 1 amide bonds. The van der Waals surface area contributed by atoms with Gasteiger partial charge in [-0.25, -0.2) is 0 Å². The van der Waals surface area contributed by atoms with Crippen molar-refractivity contribution >= 4 is 28.6 Å². The number of thioether (sulfide) groups is 1. The second-order valence-corrected chi connectivity index (χ2v) is 7.98. The lowest BCUT2D eigenvalue weighted by Gasteiger charge is -2.34. The van der Waals surface area contributed by atoms with E-state index in [1.54, 1.807) is 0 Å². The fourth-order valence-corrected chi connectivity index (χ4v) is 4.45. The number of carbonyl (C=O) groups excluding carboxylic acids is 1. The van der Waals surface area contributed by atoms with E-state index in [4.69, 9.17) is 0 Å². The molecule has 112 valence electrons. The van der Waals surface area contributed by atoms with Crippen LogP contribution in [0.1, 0.15) is 35.5 Å². The molecule has 2 heterocycles. The van der Waals surface area contributed by atoms with Crippen molar-refractivity contribution in [2.24, 2.45) is 0 Å². The molecule has 1 aromatic carbocycles. The normalized spacial score (nSPS) is 22.8. The zero-order valence-electron chi connectivity index (χ0n) is 13.1. The Hall–Kier alpha value is -1.42. The lowest BCUT2D eigenvalue weighted by atomic mass is 10.1. The zero-order valence-corrected chi connectivity index (χ0v) is 13.9. The topological polar surface area (TPSA) is 36.1 Å². The van der Waals surface area contributed by atoms with E-state index in [-0.39, 0.29) is 5.91 Å². The number of aromatic amines is 1. The Morgan fingerprint density at radius 2 is 1.90 bits per heavy atom. The van der Waals surface area contributed by atoms with Crippen molar-refractivity contribution in [2.45, 2.75) is 38.2 Å². The van der Waals surface area contributed by atoms with E-state index in [2.05, 4.69) is 32.7 Å². The summed E-state index contributed by atoms with van der Waals surface area (Å²) in [7, 11) is 0. The first kappa shape index (κ1) is 14.5. The summed E-state index contributed by atoms with van der Waals surface area (Å²) >= 11 is 1.97. The summed E-state index contributed by atoms with van der Waals surface area (Å²) < 4.78 is 0. The second-order valence-electron chi connectivity index (χ2n) is 6.10. The molecule has 0 saturated carbocycles. The Balaban J connectivity index is 1.92. The van der Waals surface area contributed by atoms with Gasteiger partial charge in [0.2, 0.25) is 0 Å². The molecule has 0 aliphatic carbocycles. The molecule has 4 heteroatoms. The lowest BCUT2D eigenvalue weighted by Crippen LogP contribution is -2.44. The molecule has 0 spiro atoms. The molecule has 1 aliphatic heterocycles. The Morgan fingerprint density at radius 3 is 2.57 bits per heavy atom. The van der Waals surface area contributed by atoms with Crippen molar-refractivity contribution in [3.63, 3.8) is 0 Å². The third-order valence-electron chi connectivity index (χ3n) is 4.26. The van der Waals surface area contributed by atoms with Gasteiger partial charge in [-0.2, -0.15) is 11.8 Å². The molecular formula is C17H22N2OS. The SMILES string of the molecule is Cc1[nH]c2ccc(C(=O)N3CC(C)SC(C)C3)cc2c1C. The van der Waals surface area contributed by atoms with E-state index >= 15 is 0 Å². The minimum absolute atomic E-state index is 0.161. The average molecular weight is 302 g/mol. The van der Waals surface area contributed by atoms with Gasteiger partial charge in [-0.3, -0.25) is 4.79 Å². The lowest BCUT2D eigenvalue weighted by molar-refractivity contribution is 0.0753. The quantitative estimate of drug-likeness (QED) is 0.871. The van der Waals surface area contributed by atoms with Crippen LogP contribution in [-0.2, 0) is 0 Å². The number of fused-ring (bicyclic) bond motifs is 1. The van der Waals surface area contributed by atoms with E-state index in [0.29, 0.717) is 10.5 Å². The smallest absolute Gasteiger partial charge is 0.253 e. The Bertz CT molecular complexity index is 681. The first-order valence-electron chi connectivity index (χ1n) is 7.49. The van der Waals surface area contributed by atoms with E-state index in [1.807, 2.05) is 34.9 Å². The van der Waals surface area contributed by atoms with Gasteiger partial charge in [-0.15, -0.1) is 0 Å². The Kier molecular flexibility index (Phi) is 3.74. The first-order chi connectivity index (χ1) is 9.95. The van der Waals surface area contributed by atoms with Crippen molar-refractivity contribution < 1.29 is 4.79 Å². The number of rotatable bonds is 1. The minimum Gasteiger partial charge on any atom is -0.358 e. The summed E-state index contributed by atoms with van der Waals surface area (Å²) in [6, 6.07) is 6.00. The molecule has 0 bridgehead atoms. The highest BCUT2D eigenvalue weighted by atomic mass is 32.2. The maximum atomic E-state index is 12.8. The highest BCUT2D eigenvalue weighted by Gasteiger charge is 2.26.